The molecule has 0 amide bonds. The minimum atomic E-state index is -0.817. The van der Waals surface area contributed by atoms with E-state index in [0.717, 1.165) is 61.2 Å². The van der Waals surface area contributed by atoms with Crippen LogP contribution in [-0.4, -0.2) is 17.7 Å². The largest absolute Gasteiger partial charge is 0.493 e. The van der Waals surface area contributed by atoms with E-state index in [1.165, 1.54) is 30.4 Å². The van der Waals surface area contributed by atoms with E-state index < -0.39 is 5.97 Å². The molecule has 170 valence electrons. The number of carbonyl (C=O) groups is 1. The second kappa shape index (κ2) is 11.2. The van der Waals surface area contributed by atoms with Crippen molar-refractivity contribution in [2.75, 3.05) is 6.61 Å². The number of fused-ring (bicyclic) bond motifs is 1. The van der Waals surface area contributed by atoms with Crippen LogP contribution in [0.4, 0.5) is 0 Å². The smallest absolute Gasteiger partial charge is 0.307 e. The molecule has 0 bridgehead atoms. The Hall–Kier alpha value is -2.73. The second-order valence-electron chi connectivity index (χ2n) is 8.92. The molecule has 0 atom stereocenters. The Morgan fingerprint density at radius 2 is 1.78 bits per heavy atom. The van der Waals surface area contributed by atoms with Gasteiger partial charge in [0.1, 0.15) is 5.75 Å². The number of carboxylic acids is 1. The van der Waals surface area contributed by atoms with E-state index in [2.05, 4.69) is 44.7 Å². The fraction of sp³-hybridized carbons (Fsp3) is 0.483. The summed E-state index contributed by atoms with van der Waals surface area (Å²) in [6.45, 7) is 7.58. The van der Waals surface area contributed by atoms with Gasteiger partial charge in [-0.15, -0.1) is 0 Å². The van der Waals surface area contributed by atoms with Gasteiger partial charge >= 0.3 is 5.97 Å². The normalized spacial score (nSPS) is 14.1. The summed E-state index contributed by atoms with van der Waals surface area (Å²) in [6.07, 6.45) is 9.22. The Morgan fingerprint density at radius 1 is 1.03 bits per heavy atom. The van der Waals surface area contributed by atoms with Crippen LogP contribution in [0.1, 0.15) is 93.5 Å². The highest BCUT2D eigenvalue weighted by Gasteiger charge is 2.35. The van der Waals surface area contributed by atoms with E-state index in [1.54, 1.807) is 0 Å². The van der Waals surface area contributed by atoms with Crippen molar-refractivity contribution in [1.29, 1.82) is 0 Å². The lowest BCUT2D eigenvalue weighted by Crippen LogP contribution is -2.32. The Kier molecular flexibility index (Phi) is 8.39. The van der Waals surface area contributed by atoms with Crippen molar-refractivity contribution in [2.24, 2.45) is 0 Å². The van der Waals surface area contributed by atoms with Gasteiger partial charge in [0, 0.05) is 22.1 Å². The Balaban J connectivity index is 1.95. The maximum absolute atomic E-state index is 10.9. The van der Waals surface area contributed by atoms with Crippen LogP contribution in [0, 0.1) is 11.8 Å². The lowest BCUT2D eigenvalue weighted by Gasteiger charge is -2.38. The van der Waals surface area contributed by atoms with Gasteiger partial charge < -0.3 is 9.84 Å². The van der Waals surface area contributed by atoms with Gasteiger partial charge in [0.25, 0.3) is 0 Å². The van der Waals surface area contributed by atoms with Crippen LogP contribution < -0.4 is 4.74 Å². The molecule has 3 rings (SSSR count). The summed E-state index contributed by atoms with van der Waals surface area (Å²) in [6, 6.07) is 12.1. The summed E-state index contributed by atoms with van der Waals surface area (Å²) in [5.74, 6) is 6.99. The van der Waals surface area contributed by atoms with Crippen LogP contribution in [0.15, 0.2) is 36.4 Å². The topological polar surface area (TPSA) is 46.5 Å². The molecule has 2 aromatic rings. The number of carboxylic acid groups (broad SMARTS) is 1. The number of aryl methyl sites for hydroxylation is 1. The van der Waals surface area contributed by atoms with E-state index in [9.17, 15) is 4.79 Å². The molecular weight excluding hydrogens is 396 g/mol. The van der Waals surface area contributed by atoms with E-state index in [1.807, 2.05) is 24.3 Å². The highest BCUT2D eigenvalue weighted by Crippen LogP contribution is 2.44. The molecule has 0 saturated heterocycles. The van der Waals surface area contributed by atoms with Crippen LogP contribution in [0.2, 0.25) is 0 Å². The Labute approximate surface area is 193 Å². The van der Waals surface area contributed by atoms with Gasteiger partial charge in [-0.2, -0.15) is 0 Å². The molecule has 0 radical (unpaired) electrons. The first kappa shape index (κ1) is 23.9. The Morgan fingerprint density at radius 3 is 2.44 bits per heavy atom. The number of hydrogen-bond acceptors (Lipinski definition) is 2. The van der Waals surface area contributed by atoms with Gasteiger partial charge in [-0.25, -0.2) is 0 Å². The van der Waals surface area contributed by atoms with E-state index in [4.69, 9.17) is 9.84 Å². The number of benzene rings is 2. The van der Waals surface area contributed by atoms with Crippen LogP contribution >= 0.6 is 0 Å². The number of aliphatic carboxylic acids is 1. The van der Waals surface area contributed by atoms with E-state index >= 15 is 0 Å². The number of unbranched alkanes of at least 4 members (excludes halogenated alkanes) is 3. The van der Waals surface area contributed by atoms with Crippen LogP contribution in [-0.2, 0) is 23.1 Å². The average Bonchev–Trinajstić information content (AvgIpc) is 2.80. The molecule has 1 heterocycles. The third kappa shape index (κ3) is 5.74. The molecular formula is C29H36O3. The first-order valence-electron chi connectivity index (χ1n) is 12.1. The van der Waals surface area contributed by atoms with Crippen molar-refractivity contribution in [3.63, 3.8) is 0 Å². The quantitative estimate of drug-likeness (QED) is 0.355. The first-order valence-corrected chi connectivity index (χ1v) is 12.1. The zero-order valence-electron chi connectivity index (χ0n) is 19.8. The van der Waals surface area contributed by atoms with Crippen molar-refractivity contribution in [3.8, 4) is 17.6 Å². The zero-order chi connectivity index (χ0) is 23.0. The minimum Gasteiger partial charge on any atom is -0.493 e. The number of rotatable bonds is 9. The third-order valence-electron chi connectivity index (χ3n) is 6.92. The molecule has 32 heavy (non-hydrogen) atoms. The number of hydrogen-bond donors (Lipinski definition) is 1. The molecule has 0 aliphatic carbocycles. The van der Waals surface area contributed by atoms with Gasteiger partial charge in [0.15, 0.2) is 0 Å². The maximum Gasteiger partial charge on any atom is 0.307 e. The van der Waals surface area contributed by atoms with Gasteiger partial charge in [0.05, 0.1) is 13.0 Å². The second-order valence-corrected chi connectivity index (χ2v) is 8.92. The molecule has 1 aliphatic rings. The molecule has 1 N–H and O–H groups in total. The molecule has 3 nitrogen and oxygen atoms in total. The standard InChI is InChI=1S/C29H36O3/c1-4-7-8-9-10-24-21-27-26(29(5-2,6-3)17-18-32-27)20-25(24)16-15-22-11-13-23(14-12-22)19-28(30)31/h11-14,20-21H,4-10,17-19H2,1-3H3,(H,30,31). The molecule has 0 unspecified atom stereocenters. The first-order chi connectivity index (χ1) is 15.5. The van der Waals surface area contributed by atoms with Crippen LogP contribution in [0.5, 0.6) is 5.75 Å². The van der Waals surface area contributed by atoms with Crippen LogP contribution in [0.25, 0.3) is 0 Å². The van der Waals surface area contributed by atoms with Gasteiger partial charge in [0.2, 0.25) is 0 Å². The minimum absolute atomic E-state index is 0.0383. The summed E-state index contributed by atoms with van der Waals surface area (Å²) in [4.78, 5) is 10.9. The van der Waals surface area contributed by atoms with Crippen molar-refractivity contribution < 1.29 is 14.6 Å². The molecule has 2 aromatic carbocycles. The molecule has 0 aromatic heterocycles. The van der Waals surface area contributed by atoms with Gasteiger partial charge in [-0.3, -0.25) is 4.79 Å². The Bertz CT molecular complexity index is 972. The summed E-state index contributed by atoms with van der Waals surface area (Å²) in [7, 11) is 0. The number of ether oxygens (including phenoxy) is 1. The monoisotopic (exact) mass is 432 g/mol. The van der Waals surface area contributed by atoms with Crippen molar-refractivity contribution in [2.45, 2.75) is 84.0 Å². The molecule has 0 fully saturated rings. The SMILES string of the molecule is CCCCCCc1cc2c(cc1C#Cc1ccc(CC(=O)O)cc1)C(CC)(CC)CCO2. The predicted molar refractivity (Wildman–Crippen MR) is 130 cm³/mol. The van der Waals surface area contributed by atoms with E-state index in [0.29, 0.717) is 0 Å². The fourth-order valence-corrected chi connectivity index (χ4v) is 4.72. The molecule has 0 spiro atoms. The molecule has 0 saturated carbocycles. The highest BCUT2D eigenvalue weighted by atomic mass is 16.5. The lowest BCUT2D eigenvalue weighted by atomic mass is 9.71. The fourth-order valence-electron chi connectivity index (χ4n) is 4.72. The van der Waals surface area contributed by atoms with Crippen LogP contribution in [0.3, 0.4) is 0 Å². The van der Waals surface area contributed by atoms with E-state index in [-0.39, 0.29) is 11.8 Å². The third-order valence-corrected chi connectivity index (χ3v) is 6.92. The summed E-state index contributed by atoms with van der Waals surface area (Å²) < 4.78 is 6.12. The predicted octanol–water partition coefficient (Wildman–Crippen LogP) is 6.68. The van der Waals surface area contributed by atoms with Crippen molar-refractivity contribution in [3.05, 3.63) is 64.2 Å². The summed E-state index contributed by atoms with van der Waals surface area (Å²) in [5, 5.41) is 8.96. The maximum atomic E-state index is 10.9. The van der Waals surface area contributed by atoms with Crippen molar-refractivity contribution >= 4 is 5.97 Å². The van der Waals surface area contributed by atoms with Gasteiger partial charge in [-0.1, -0.05) is 64.0 Å². The summed E-state index contributed by atoms with van der Waals surface area (Å²) in [5.41, 5.74) is 5.56. The van der Waals surface area contributed by atoms with Crippen molar-refractivity contribution in [1.82, 2.24) is 0 Å². The molecule has 3 heteroatoms. The van der Waals surface area contributed by atoms with Gasteiger partial charge in [-0.05, 0) is 67.5 Å². The summed E-state index contributed by atoms with van der Waals surface area (Å²) >= 11 is 0. The lowest BCUT2D eigenvalue weighted by molar-refractivity contribution is -0.136. The average molecular weight is 433 g/mol. The zero-order valence-corrected chi connectivity index (χ0v) is 19.8. The molecule has 1 aliphatic heterocycles. The highest BCUT2D eigenvalue weighted by molar-refractivity contribution is 5.70.